The van der Waals surface area contributed by atoms with Gasteiger partial charge in [-0.15, -0.1) is 11.3 Å². The summed E-state index contributed by atoms with van der Waals surface area (Å²) in [6.45, 7) is 4.38. The average Bonchev–Trinajstić information content (AvgIpc) is 3.02. The molecule has 0 saturated heterocycles. The second kappa shape index (κ2) is 6.47. The van der Waals surface area contributed by atoms with Crippen molar-refractivity contribution in [2.75, 3.05) is 20.1 Å². The molecule has 1 aromatic heterocycles. The Labute approximate surface area is 108 Å². The molecule has 0 amide bonds. The van der Waals surface area contributed by atoms with Crippen LogP contribution >= 0.6 is 11.3 Å². The van der Waals surface area contributed by atoms with Crippen LogP contribution in [0.4, 0.5) is 0 Å². The molecule has 1 fully saturated rings. The zero-order valence-electron chi connectivity index (χ0n) is 10.9. The number of nitrogens with zero attached hydrogens (tertiary/aromatic N) is 2. The van der Waals surface area contributed by atoms with Gasteiger partial charge in [0.05, 0.1) is 6.04 Å². The Morgan fingerprint density at radius 1 is 1.53 bits per heavy atom. The van der Waals surface area contributed by atoms with Gasteiger partial charge in [-0.1, -0.05) is 12.8 Å². The molecular weight excluding hydrogens is 230 g/mol. The Balaban J connectivity index is 1.65. The molecule has 17 heavy (non-hydrogen) atoms. The topological polar surface area (TPSA) is 28.2 Å². The Hall–Kier alpha value is -0.450. The van der Waals surface area contributed by atoms with Crippen molar-refractivity contribution >= 4 is 11.3 Å². The standard InChI is InChI=1S/C13H23N3S/c1-11(13-15-8-10-17-13)14-7-9-16(2)12-5-3-4-6-12/h8,10-12,14H,3-7,9H2,1-2H3. The third-order valence-electron chi connectivity index (χ3n) is 3.68. The molecule has 96 valence electrons. The van der Waals surface area contributed by atoms with E-state index in [0.717, 1.165) is 19.1 Å². The van der Waals surface area contributed by atoms with Gasteiger partial charge in [-0.05, 0) is 26.8 Å². The van der Waals surface area contributed by atoms with Gasteiger partial charge in [0.2, 0.25) is 0 Å². The summed E-state index contributed by atoms with van der Waals surface area (Å²) in [4.78, 5) is 6.84. The first kappa shape index (κ1) is 13.0. The minimum Gasteiger partial charge on any atom is -0.307 e. The van der Waals surface area contributed by atoms with Crippen molar-refractivity contribution in [1.29, 1.82) is 0 Å². The van der Waals surface area contributed by atoms with Crippen LogP contribution in [0.3, 0.4) is 0 Å². The van der Waals surface area contributed by atoms with Crippen LogP contribution in [0.1, 0.15) is 43.7 Å². The number of hydrogen-bond acceptors (Lipinski definition) is 4. The molecular formula is C13H23N3S. The lowest BCUT2D eigenvalue weighted by atomic mass is 10.2. The molecule has 1 heterocycles. The van der Waals surface area contributed by atoms with Crippen LogP contribution in [-0.4, -0.2) is 36.1 Å². The van der Waals surface area contributed by atoms with Gasteiger partial charge in [0.15, 0.2) is 0 Å². The molecule has 2 rings (SSSR count). The lowest BCUT2D eigenvalue weighted by Gasteiger charge is -2.24. The van der Waals surface area contributed by atoms with E-state index >= 15 is 0 Å². The summed E-state index contributed by atoms with van der Waals surface area (Å²) in [5.41, 5.74) is 0. The summed E-state index contributed by atoms with van der Waals surface area (Å²) >= 11 is 1.73. The minimum absolute atomic E-state index is 0.381. The smallest absolute Gasteiger partial charge is 0.109 e. The van der Waals surface area contributed by atoms with Gasteiger partial charge in [-0.3, -0.25) is 0 Å². The molecule has 0 bridgehead atoms. The largest absolute Gasteiger partial charge is 0.307 e. The first-order valence-electron chi connectivity index (χ1n) is 6.60. The Morgan fingerprint density at radius 3 is 2.94 bits per heavy atom. The number of likely N-dealkylation sites (N-methyl/N-ethyl adjacent to an activating group) is 1. The highest BCUT2D eigenvalue weighted by Gasteiger charge is 2.19. The van der Waals surface area contributed by atoms with Crippen LogP contribution in [0.15, 0.2) is 11.6 Å². The fourth-order valence-electron chi connectivity index (χ4n) is 2.52. The third kappa shape index (κ3) is 3.76. The van der Waals surface area contributed by atoms with Crippen LogP contribution in [0.2, 0.25) is 0 Å². The molecule has 1 aromatic rings. The molecule has 1 atom stereocenters. The normalized spacial score (nSPS) is 19.0. The fourth-order valence-corrected chi connectivity index (χ4v) is 3.19. The molecule has 0 spiro atoms. The monoisotopic (exact) mass is 253 g/mol. The van der Waals surface area contributed by atoms with E-state index in [0.29, 0.717) is 6.04 Å². The van der Waals surface area contributed by atoms with E-state index in [2.05, 4.69) is 29.2 Å². The van der Waals surface area contributed by atoms with E-state index in [1.807, 2.05) is 11.6 Å². The number of aromatic nitrogens is 1. The average molecular weight is 253 g/mol. The number of rotatable bonds is 6. The van der Waals surface area contributed by atoms with Gasteiger partial charge in [0.1, 0.15) is 5.01 Å². The van der Waals surface area contributed by atoms with Gasteiger partial charge >= 0.3 is 0 Å². The summed E-state index contributed by atoms with van der Waals surface area (Å²) in [6.07, 6.45) is 7.48. The molecule has 1 N–H and O–H groups in total. The number of hydrogen-bond donors (Lipinski definition) is 1. The van der Waals surface area contributed by atoms with E-state index in [1.165, 1.54) is 30.7 Å². The van der Waals surface area contributed by atoms with Crippen molar-refractivity contribution in [3.63, 3.8) is 0 Å². The second-order valence-corrected chi connectivity index (χ2v) is 5.89. The molecule has 3 nitrogen and oxygen atoms in total. The molecule has 0 aromatic carbocycles. The maximum atomic E-state index is 4.33. The highest BCUT2D eigenvalue weighted by molar-refractivity contribution is 7.09. The quantitative estimate of drug-likeness (QED) is 0.845. The molecule has 0 aliphatic heterocycles. The highest BCUT2D eigenvalue weighted by Crippen LogP contribution is 2.22. The zero-order valence-corrected chi connectivity index (χ0v) is 11.7. The second-order valence-electron chi connectivity index (χ2n) is 4.97. The van der Waals surface area contributed by atoms with Crippen molar-refractivity contribution in [1.82, 2.24) is 15.2 Å². The van der Waals surface area contributed by atoms with Crippen molar-refractivity contribution in [3.8, 4) is 0 Å². The van der Waals surface area contributed by atoms with E-state index in [-0.39, 0.29) is 0 Å². The fraction of sp³-hybridized carbons (Fsp3) is 0.769. The maximum Gasteiger partial charge on any atom is 0.109 e. The number of nitrogens with one attached hydrogen (secondary N) is 1. The molecule has 0 radical (unpaired) electrons. The van der Waals surface area contributed by atoms with Crippen LogP contribution in [0.25, 0.3) is 0 Å². The summed E-state index contributed by atoms with van der Waals surface area (Å²) in [6, 6.07) is 1.21. The summed E-state index contributed by atoms with van der Waals surface area (Å²) < 4.78 is 0. The Morgan fingerprint density at radius 2 is 2.29 bits per heavy atom. The lowest BCUT2D eigenvalue weighted by molar-refractivity contribution is 0.243. The highest BCUT2D eigenvalue weighted by atomic mass is 32.1. The summed E-state index contributed by atoms with van der Waals surface area (Å²) in [7, 11) is 2.26. The molecule has 1 saturated carbocycles. The van der Waals surface area contributed by atoms with E-state index in [1.54, 1.807) is 11.3 Å². The van der Waals surface area contributed by atoms with Gasteiger partial charge in [0, 0.05) is 30.7 Å². The first-order valence-corrected chi connectivity index (χ1v) is 7.48. The predicted molar refractivity (Wildman–Crippen MR) is 73.4 cm³/mol. The van der Waals surface area contributed by atoms with Crippen molar-refractivity contribution in [2.24, 2.45) is 0 Å². The van der Waals surface area contributed by atoms with Crippen molar-refractivity contribution in [2.45, 2.75) is 44.7 Å². The molecule has 1 unspecified atom stereocenters. The summed E-state index contributed by atoms with van der Waals surface area (Å²) in [5.74, 6) is 0. The third-order valence-corrected chi connectivity index (χ3v) is 4.64. The molecule has 1 aliphatic rings. The van der Waals surface area contributed by atoms with Crippen LogP contribution in [0, 0.1) is 0 Å². The SMILES string of the molecule is CC(NCCN(C)C1CCCC1)c1nccs1. The van der Waals surface area contributed by atoms with Gasteiger partial charge in [-0.25, -0.2) is 4.98 Å². The summed E-state index contributed by atoms with van der Waals surface area (Å²) in [5, 5.41) is 6.77. The van der Waals surface area contributed by atoms with Gasteiger partial charge < -0.3 is 10.2 Å². The Kier molecular flexibility index (Phi) is 4.95. The van der Waals surface area contributed by atoms with Crippen molar-refractivity contribution < 1.29 is 0 Å². The van der Waals surface area contributed by atoms with Crippen molar-refractivity contribution in [3.05, 3.63) is 16.6 Å². The van der Waals surface area contributed by atoms with Crippen LogP contribution in [-0.2, 0) is 0 Å². The zero-order chi connectivity index (χ0) is 12.1. The number of thiazole rings is 1. The Bertz CT molecular complexity index is 306. The first-order chi connectivity index (χ1) is 8.27. The van der Waals surface area contributed by atoms with E-state index in [9.17, 15) is 0 Å². The molecule has 4 heteroatoms. The minimum atomic E-state index is 0.381. The molecule has 1 aliphatic carbocycles. The maximum absolute atomic E-state index is 4.33. The lowest BCUT2D eigenvalue weighted by Crippen LogP contribution is -2.36. The van der Waals surface area contributed by atoms with E-state index in [4.69, 9.17) is 0 Å². The van der Waals surface area contributed by atoms with Crippen LogP contribution in [0.5, 0.6) is 0 Å². The van der Waals surface area contributed by atoms with Gasteiger partial charge in [0.25, 0.3) is 0 Å². The van der Waals surface area contributed by atoms with Gasteiger partial charge in [-0.2, -0.15) is 0 Å². The van der Waals surface area contributed by atoms with E-state index < -0.39 is 0 Å². The van der Waals surface area contributed by atoms with Crippen LogP contribution < -0.4 is 5.32 Å². The predicted octanol–water partition coefficient (Wildman–Crippen LogP) is 2.67.